The van der Waals surface area contributed by atoms with Crippen molar-refractivity contribution in [1.29, 1.82) is 0 Å². The molecule has 0 spiro atoms. The average Bonchev–Trinajstić information content (AvgIpc) is 2.27. The summed E-state index contributed by atoms with van der Waals surface area (Å²) in [5, 5.41) is 0. The fraction of sp³-hybridized carbons (Fsp3) is 0.632. The van der Waals surface area contributed by atoms with E-state index in [-0.39, 0.29) is 5.41 Å². The first kappa shape index (κ1) is 16.9. The Balaban J connectivity index is 3.34. The van der Waals surface area contributed by atoms with E-state index in [0.717, 1.165) is 6.42 Å². The molecule has 0 aliphatic carbocycles. The number of benzene rings is 1. The molecule has 0 aromatic heterocycles. The predicted octanol–water partition coefficient (Wildman–Crippen LogP) is 5.32. The quantitative estimate of drug-likeness (QED) is 0.658. The third-order valence-electron chi connectivity index (χ3n) is 3.47. The van der Waals surface area contributed by atoms with Crippen molar-refractivity contribution in [3.05, 3.63) is 34.4 Å². The van der Waals surface area contributed by atoms with Gasteiger partial charge in [-0.05, 0) is 66.8 Å². The summed E-state index contributed by atoms with van der Waals surface area (Å²) in [6, 6.07) is 5.06. The molecule has 0 aliphatic rings. The van der Waals surface area contributed by atoms with E-state index >= 15 is 0 Å². The van der Waals surface area contributed by atoms with Gasteiger partial charge in [-0.3, -0.25) is 4.99 Å². The van der Waals surface area contributed by atoms with Crippen LogP contribution in [0.25, 0.3) is 0 Å². The second kappa shape index (κ2) is 6.56. The fourth-order valence-corrected chi connectivity index (χ4v) is 2.53. The Kier molecular flexibility index (Phi) is 5.56. The van der Waals surface area contributed by atoms with E-state index < -0.39 is 0 Å². The van der Waals surface area contributed by atoms with E-state index in [1.54, 1.807) is 0 Å². The SMILES string of the molecule is Cc1c(C=NC(C)C)cc(CC(C)C)cc1C(C)(C)C. The minimum atomic E-state index is 0.178. The van der Waals surface area contributed by atoms with E-state index in [1.807, 2.05) is 0 Å². The van der Waals surface area contributed by atoms with Crippen LogP contribution in [0.5, 0.6) is 0 Å². The largest absolute Gasteiger partial charge is 0.290 e. The number of hydrogen-bond acceptors (Lipinski definition) is 1. The second-order valence-electron chi connectivity index (χ2n) is 7.58. The Morgan fingerprint density at radius 2 is 1.70 bits per heavy atom. The third kappa shape index (κ3) is 4.77. The van der Waals surface area contributed by atoms with Gasteiger partial charge >= 0.3 is 0 Å². The van der Waals surface area contributed by atoms with Crippen molar-refractivity contribution in [1.82, 2.24) is 0 Å². The molecule has 0 N–H and O–H groups in total. The summed E-state index contributed by atoms with van der Waals surface area (Å²) in [7, 11) is 0. The minimum Gasteiger partial charge on any atom is -0.290 e. The fourth-order valence-electron chi connectivity index (χ4n) is 2.53. The van der Waals surface area contributed by atoms with Gasteiger partial charge in [-0.25, -0.2) is 0 Å². The number of aliphatic imine (C=N–C) groups is 1. The first-order valence-electron chi connectivity index (χ1n) is 7.78. The molecule has 1 nitrogen and oxygen atoms in total. The highest BCUT2D eigenvalue weighted by molar-refractivity contribution is 5.83. The summed E-state index contributed by atoms with van der Waals surface area (Å²) < 4.78 is 0. The lowest BCUT2D eigenvalue weighted by Gasteiger charge is -2.24. The number of hydrogen-bond donors (Lipinski definition) is 0. The maximum absolute atomic E-state index is 4.57. The standard InChI is InChI=1S/C19H31N/c1-13(2)9-16-10-17(12-20-14(3)4)15(5)18(11-16)19(6,7)8/h10-14H,9H2,1-8H3. The highest BCUT2D eigenvalue weighted by Crippen LogP contribution is 2.29. The van der Waals surface area contributed by atoms with Crippen LogP contribution in [-0.4, -0.2) is 12.3 Å². The zero-order valence-electron chi connectivity index (χ0n) is 14.5. The molecule has 0 amide bonds. The monoisotopic (exact) mass is 273 g/mol. The molecule has 0 aliphatic heterocycles. The number of rotatable bonds is 4. The van der Waals surface area contributed by atoms with Gasteiger partial charge in [0.05, 0.1) is 0 Å². The van der Waals surface area contributed by atoms with Crippen molar-refractivity contribution in [3.63, 3.8) is 0 Å². The van der Waals surface area contributed by atoms with Crippen LogP contribution in [0.3, 0.4) is 0 Å². The lowest BCUT2D eigenvalue weighted by atomic mass is 9.81. The Hall–Kier alpha value is -1.11. The lowest BCUT2D eigenvalue weighted by molar-refractivity contribution is 0.582. The van der Waals surface area contributed by atoms with Gasteiger partial charge in [-0.1, -0.05) is 40.7 Å². The molecule has 0 saturated carbocycles. The van der Waals surface area contributed by atoms with Gasteiger partial charge in [0.1, 0.15) is 0 Å². The van der Waals surface area contributed by atoms with Gasteiger partial charge in [-0.2, -0.15) is 0 Å². The smallest absolute Gasteiger partial charge is 0.0443 e. The Labute approximate surface area is 125 Å². The van der Waals surface area contributed by atoms with Crippen molar-refractivity contribution < 1.29 is 0 Å². The molecule has 1 aromatic carbocycles. The van der Waals surface area contributed by atoms with Crippen LogP contribution in [0.1, 0.15) is 70.7 Å². The normalized spacial score (nSPS) is 12.9. The summed E-state index contributed by atoms with van der Waals surface area (Å²) in [6.45, 7) is 17.9. The van der Waals surface area contributed by atoms with Gasteiger partial charge in [-0.15, -0.1) is 0 Å². The maximum Gasteiger partial charge on any atom is 0.0443 e. The Morgan fingerprint density at radius 1 is 1.10 bits per heavy atom. The molecule has 1 heteroatoms. The molecule has 0 saturated heterocycles. The first-order valence-corrected chi connectivity index (χ1v) is 7.78. The Bertz CT molecular complexity index is 473. The van der Waals surface area contributed by atoms with Crippen LogP contribution in [0.2, 0.25) is 0 Å². The third-order valence-corrected chi connectivity index (χ3v) is 3.47. The zero-order chi connectivity index (χ0) is 15.5. The van der Waals surface area contributed by atoms with Gasteiger partial charge in [0, 0.05) is 12.3 Å². The van der Waals surface area contributed by atoms with Crippen molar-refractivity contribution in [2.45, 2.75) is 73.3 Å². The molecule has 0 fully saturated rings. The van der Waals surface area contributed by atoms with Gasteiger partial charge in [0.2, 0.25) is 0 Å². The molecular formula is C19H31N. The van der Waals surface area contributed by atoms with Crippen molar-refractivity contribution in [2.75, 3.05) is 0 Å². The molecular weight excluding hydrogens is 242 g/mol. The van der Waals surface area contributed by atoms with Crippen LogP contribution in [-0.2, 0) is 11.8 Å². The van der Waals surface area contributed by atoms with Crippen molar-refractivity contribution in [3.8, 4) is 0 Å². The highest BCUT2D eigenvalue weighted by atomic mass is 14.7. The van der Waals surface area contributed by atoms with Crippen LogP contribution >= 0.6 is 0 Å². The van der Waals surface area contributed by atoms with Crippen LogP contribution in [0.4, 0.5) is 0 Å². The number of nitrogens with zero attached hydrogens (tertiary/aromatic N) is 1. The minimum absolute atomic E-state index is 0.178. The summed E-state index contributed by atoms with van der Waals surface area (Å²) in [4.78, 5) is 4.57. The predicted molar refractivity (Wildman–Crippen MR) is 91.2 cm³/mol. The van der Waals surface area contributed by atoms with Gasteiger partial charge in [0.15, 0.2) is 0 Å². The molecule has 0 bridgehead atoms. The van der Waals surface area contributed by atoms with Crippen molar-refractivity contribution >= 4 is 6.21 Å². The van der Waals surface area contributed by atoms with E-state index in [0.29, 0.717) is 12.0 Å². The van der Waals surface area contributed by atoms with Crippen LogP contribution < -0.4 is 0 Å². The lowest BCUT2D eigenvalue weighted by Crippen LogP contribution is -2.15. The van der Waals surface area contributed by atoms with E-state index in [1.165, 1.54) is 22.3 Å². The molecule has 0 atom stereocenters. The average molecular weight is 273 g/mol. The molecule has 0 radical (unpaired) electrons. The zero-order valence-corrected chi connectivity index (χ0v) is 14.5. The van der Waals surface area contributed by atoms with E-state index in [2.05, 4.69) is 78.7 Å². The summed E-state index contributed by atoms with van der Waals surface area (Å²) in [5.74, 6) is 0.681. The molecule has 0 heterocycles. The molecule has 112 valence electrons. The highest BCUT2D eigenvalue weighted by Gasteiger charge is 2.19. The second-order valence-corrected chi connectivity index (χ2v) is 7.58. The summed E-state index contributed by atoms with van der Waals surface area (Å²) in [6.07, 6.45) is 3.19. The van der Waals surface area contributed by atoms with Crippen LogP contribution in [0.15, 0.2) is 17.1 Å². The summed E-state index contributed by atoms with van der Waals surface area (Å²) >= 11 is 0. The molecule has 20 heavy (non-hydrogen) atoms. The maximum atomic E-state index is 4.57. The molecule has 0 unspecified atom stereocenters. The van der Waals surface area contributed by atoms with Crippen LogP contribution in [0, 0.1) is 12.8 Å². The van der Waals surface area contributed by atoms with Gasteiger partial charge < -0.3 is 0 Å². The molecule has 1 rings (SSSR count). The Morgan fingerprint density at radius 3 is 2.15 bits per heavy atom. The molecule has 1 aromatic rings. The van der Waals surface area contributed by atoms with E-state index in [4.69, 9.17) is 0 Å². The summed E-state index contributed by atoms with van der Waals surface area (Å²) in [5.41, 5.74) is 5.70. The first-order chi connectivity index (χ1) is 9.11. The van der Waals surface area contributed by atoms with Crippen molar-refractivity contribution in [2.24, 2.45) is 10.9 Å². The topological polar surface area (TPSA) is 12.4 Å². The van der Waals surface area contributed by atoms with E-state index in [9.17, 15) is 0 Å². The van der Waals surface area contributed by atoms with Gasteiger partial charge in [0.25, 0.3) is 0 Å².